The third-order valence-electron chi connectivity index (χ3n) is 3.01. The highest BCUT2D eigenvalue weighted by Gasteiger charge is 2.29. The topological polar surface area (TPSA) is 46.5 Å². The van der Waals surface area contributed by atoms with Gasteiger partial charge in [-0.1, -0.05) is 24.6 Å². The molecular formula is C14H18O3S. The number of rotatable bonds is 4. The van der Waals surface area contributed by atoms with E-state index in [9.17, 15) is 4.21 Å². The van der Waals surface area contributed by atoms with Crippen LogP contribution >= 0.6 is 0 Å². The van der Waals surface area contributed by atoms with Crippen molar-refractivity contribution in [3.8, 4) is 0 Å². The van der Waals surface area contributed by atoms with Crippen LogP contribution in [0.15, 0.2) is 40.1 Å². The molecule has 3 atom stereocenters. The van der Waals surface area contributed by atoms with Gasteiger partial charge < -0.3 is 9.84 Å². The van der Waals surface area contributed by atoms with Gasteiger partial charge in [0, 0.05) is 9.80 Å². The molecule has 0 saturated heterocycles. The molecule has 4 heteroatoms. The quantitative estimate of drug-likeness (QED) is 0.908. The number of aliphatic hydroxyl groups excluding tert-OH is 1. The maximum atomic E-state index is 12.5. The lowest BCUT2D eigenvalue weighted by atomic mass is 10.2. The summed E-state index contributed by atoms with van der Waals surface area (Å²) in [5, 5.41) is 9.12. The van der Waals surface area contributed by atoms with Gasteiger partial charge in [0.15, 0.2) is 0 Å². The minimum Gasteiger partial charge on any atom is -0.393 e. The zero-order valence-electron chi connectivity index (χ0n) is 10.6. The van der Waals surface area contributed by atoms with Crippen LogP contribution < -0.4 is 0 Å². The summed E-state index contributed by atoms with van der Waals surface area (Å²) >= 11 is 0. The Hall–Kier alpha value is -0.970. The molecule has 1 heterocycles. The maximum absolute atomic E-state index is 12.5. The van der Waals surface area contributed by atoms with Gasteiger partial charge in [-0.25, -0.2) is 4.21 Å². The van der Waals surface area contributed by atoms with Gasteiger partial charge in [-0.3, -0.25) is 0 Å². The van der Waals surface area contributed by atoms with Crippen molar-refractivity contribution in [2.24, 2.45) is 0 Å². The third-order valence-corrected chi connectivity index (χ3v) is 4.53. The molecule has 2 rings (SSSR count). The molecule has 0 aromatic heterocycles. The predicted octanol–water partition coefficient (Wildman–Crippen LogP) is 2.16. The summed E-state index contributed by atoms with van der Waals surface area (Å²) < 4.78 is 18.1. The van der Waals surface area contributed by atoms with E-state index in [4.69, 9.17) is 9.84 Å². The highest BCUT2D eigenvalue weighted by atomic mass is 32.2. The Morgan fingerprint density at radius 1 is 1.33 bits per heavy atom. The van der Waals surface area contributed by atoms with E-state index >= 15 is 0 Å². The SMILES string of the molecule is CC[C@@H]1O[C@H](CO)C=C1[S@@](=O)c1ccc(C)cc1. The first-order valence-electron chi connectivity index (χ1n) is 6.12. The Labute approximate surface area is 110 Å². The second-order valence-electron chi connectivity index (χ2n) is 4.40. The number of hydrogen-bond donors (Lipinski definition) is 1. The van der Waals surface area contributed by atoms with Gasteiger partial charge in [0.05, 0.1) is 23.5 Å². The van der Waals surface area contributed by atoms with Crippen molar-refractivity contribution in [2.75, 3.05) is 6.61 Å². The van der Waals surface area contributed by atoms with Crippen LogP contribution in [-0.2, 0) is 15.5 Å². The van der Waals surface area contributed by atoms with Crippen LogP contribution in [0.4, 0.5) is 0 Å². The van der Waals surface area contributed by atoms with Crippen LogP contribution in [0.1, 0.15) is 18.9 Å². The molecular weight excluding hydrogens is 248 g/mol. The zero-order valence-corrected chi connectivity index (χ0v) is 11.4. The van der Waals surface area contributed by atoms with Crippen molar-refractivity contribution in [1.82, 2.24) is 0 Å². The molecule has 98 valence electrons. The molecule has 0 fully saturated rings. The molecule has 0 spiro atoms. The first kappa shape index (κ1) is 13.5. The highest BCUT2D eigenvalue weighted by Crippen LogP contribution is 2.28. The number of aliphatic hydroxyl groups is 1. The molecule has 0 aliphatic carbocycles. The Morgan fingerprint density at radius 3 is 2.56 bits per heavy atom. The normalized spacial score (nSPS) is 24.9. The van der Waals surface area contributed by atoms with Crippen molar-refractivity contribution in [3.05, 3.63) is 40.8 Å². The van der Waals surface area contributed by atoms with Crippen LogP contribution in [0.3, 0.4) is 0 Å². The Balaban J connectivity index is 2.24. The Bertz CT molecular complexity index is 464. The maximum Gasteiger partial charge on any atom is 0.101 e. The fraction of sp³-hybridized carbons (Fsp3) is 0.429. The molecule has 0 bridgehead atoms. The van der Waals surface area contributed by atoms with E-state index in [0.29, 0.717) is 0 Å². The van der Waals surface area contributed by atoms with Gasteiger partial charge >= 0.3 is 0 Å². The minimum atomic E-state index is -1.19. The van der Waals surface area contributed by atoms with E-state index in [1.54, 1.807) is 6.08 Å². The number of aryl methyl sites for hydroxylation is 1. The summed E-state index contributed by atoms with van der Waals surface area (Å²) in [4.78, 5) is 1.56. The lowest BCUT2D eigenvalue weighted by molar-refractivity contribution is 0.0234. The van der Waals surface area contributed by atoms with E-state index in [0.717, 1.165) is 21.8 Å². The third kappa shape index (κ3) is 2.71. The Kier molecular flexibility index (Phi) is 4.32. The second-order valence-corrected chi connectivity index (χ2v) is 5.89. The minimum absolute atomic E-state index is 0.0644. The number of benzene rings is 1. The molecule has 0 unspecified atom stereocenters. The van der Waals surface area contributed by atoms with E-state index in [1.807, 2.05) is 38.1 Å². The van der Waals surface area contributed by atoms with Crippen molar-refractivity contribution < 1.29 is 14.1 Å². The van der Waals surface area contributed by atoms with Gasteiger partial charge in [-0.15, -0.1) is 0 Å². The smallest absolute Gasteiger partial charge is 0.101 e. The van der Waals surface area contributed by atoms with Gasteiger partial charge in [0.25, 0.3) is 0 Å². The largest absolute Gasteiger partial charge is 0.393 e. The average molecular weight is 266 g/mol. The summed E-state index contributed by atoms with van der Waals surface area (Å²) in [6.45, 7) is 3.93. The molecule has 18 heavy (non-hydrogen) atoms. The first-order valence-corrected chi connectivity index (χ1v) is 7.27. The second kappa shape index (κ2) is 5.78. The van der Waals surface area contributed by atoms with Gasteiger partial charge in [-0.05, 0) is 31.6 Å². The van der Waals surface area contributed by atoms with Gasteiger partial charge in [0.2, 0.25) is 0 Å². The molecule has 3 nitrogen and oxygen atoms in total. The van der Waals surface area contributed by atoms with Crippen molar-refractivity contribution in [2.45, 2.75) is 37.4 Å². The van der Waals surface area contributed by atoms with Crippen molar-refractivity contribution in [3.63, 3.8) is 0 Å². The molecule has 1 aliphatic rings. The van der Waals surface area contributed by atoms with E-state index in [1.165, 1.54) is 0 Å². The lowest BCUT2D eigenvalue weighted by Crippen LogP contribution is -2.17. The van der Waals surface area contributed by atoms with Crippen molar-refractivity contribution >= 4 is 10.8 Å². The molecule has 0 amide bonds. The monoisotopic (exact) mass is 266 g/mol. The molecule has 0 saturated carbocycles. The van der Waals surface area contributed by atoms with Crippen LogP contribution in [-0.4, -0.2) is 28.1 Å². The van der Waals surface area contributed by atoms with Crippen molar-refractivity contribution in [1.29, 1.82) is 0 Å². The Morgan fingerprint density at radius 2 is 2.00 bits per heavy atom. The summed E-state index contributed by atoms with van der Waals surface area (Å²) in [6, 6.07) is 7.67. The summed E-state index contributed by atoms with van der Waals surface area (Å²) in [5.41, 5.74) is 1.15. The fourth-order valence-electron chi connectivity index (χ4n) is 1.98. The predicted molar refractivity (Wildman–Crippen MR) is 71.7 cm³/mol. The summed E-state index contributed by atoms with van der Waals surface area (Å²) in [6.07, 6.45) is 2.09. The molecule has 1 aromatic rings. The van der Waals surface area contributed by atoms with Gasteiger partial charge in [0.1, 0.15) is 6.10 Å². The summed E-state index contributed by atoms with van der Waals surface area (Å²) in [7, 11) is -1.19. The first-order chi connectivity index (χ1) is 8.65. The van der Waals surface area contributed by atoms with E-state index in [-0.39, 0.29) is 18.8 Å². The zero-order chi connectivity index (χ0) is 13.1. The molecule has 0 radical (unpaired) electrons. The fourth-order valence-corrected chi connectivity index (χ4v) is 3.37. The lowest BCUT2D eigenvalue weighted by Gasteiger charge is -2.13. The molecule has 1 aliphatic heterocycles. The van der Waals surface area contributed by atoms with Crippen LogP contribution in [0.25, 0.3) is 0 Å². The van der Waals surface area contributed by atoms with E-state index in [2.05, 4.69) is 0 Å². The number of ether oxygens (including phenoxy) is 1. The van der Waals surface area contributed by atoms with Gasteiger partial charge in [-0.2, -0.15) is 0 Å². The standard InChI is InChI=1S/C14H18O3S/c1-3-13-14(8-11(9-15)17-13)18(16)12-6-4-10(2)5-7-12/h4-8,11,13,15H,3,9H2,1-2H3/t11-,13-,18-/m0/s1. The molecule has 1 N–H and O–H groups in total. The highest BCUT2D eigenvalue weighted by molar-refractivity contribution is 7.89. The van der Waals surface area contributed by atoms with Crippen LogP contribution in [0.2, 0.25) is 0 Å². The van der Waals surface area contributed by atoms with E-state index < -0.39 is 10.8 Å². The number of hydrogen-bond acceptors (Lipinski definition) is 3. The van der Waals surface area contributed by atoms with Crippen LogP contribution in [0.5, 0.6) is 0 Å². The summed E-state index contributed by atoms with van der Waals surface area (Å²) in [5.74, 6) is 0. The van der Waals surface area contributed by atoms with Crippen LogP contribution in [0, 0.1) is 6.92 Å². The molecule has 1 aromatic carbocycles. The average Bonchev–Trinajstić information content (AvgIpc) is 2.82.